The third-order valence-electron chi connectivity index (χ3n) is 3.21. The number of benzene rings is 1. The lowest BCUT2D eigenvalue weighted by molar-refractivity contribution is -0.139. The number of Topliss-reactive ketones (excluding diaryl/α,β-unsaturated/α-hetero) is 1. The summed E-state index contributed by atoms with van der Waals surface area (Å²) in [4.78, 5) is 22.7. The normalized spacial score (nSPS) is 12.0. The monoisotopic (exact) mass is 641 g/mol. The molecule has 0 radical (unpaired) electrons. The molecule has 1 aromatic rings. The summed E-state index contributed by atoms with van der Waals surface area (Å²) in [6.45, 7) is 4.12. The van der Waals surface area contributed by atoms with E-state index >= 15 is 0 Å². The molecule has 4 nitrogen and oxygen atoms in total. The van der Waals surface area contributed by atoms with Crippen LogP contribution in [0.4, 0.5) is 5.69 Å². The Balaban J connectivity index is 3.22. The summed E-state index contributed by atoms with van der Waals surface area (Å²) in [6, 6.07) is 2.00. The molecule has 7 heteroatoms. The Bertz CT molecular complexity index is 576. The molecule has 0 heterocycles. The van der Waals surface area contributed by atoms with Gasteiger partial charge < -0.3 is 10.4 Å². The van der Waals surface area contributed by atoms with E-state index in [0.29, 0.717) is 19.4 Å². The number of carboxylic acid groups (broad SMARTS) is 1. The quantitative estimate of drug-likeness (QED) is 0.399. The summed E-state index contributed by atoms with van der Waals surface area (Å²) in [5, 5.41) is 12.8. The molecule has 22 heavy (non-hydrogen) atoms. The van der Waals surface area contributed by atoms with Gasteiger partial charge in [0.15, 0.2) is 0 Å². The van der Waals surface area contributed by atoms with Crippen LogP contribution in [0.25, 0.3) is 0 Å². The summed E-state index contributed by atoms with van der Waals surface area (Å²) in [7, 11) is 0. The SMILES string of the molecule is CCCC(C(=O)O)c1c(I)cc(I)c(NCCC(C)=O)c1I. The molecule has 122 valence electrons. The maximum Gasteiger partial charge on any atom is 0.311 e. The zero-order valence-corrected chi connectivity index (χ0v) is 18.9. The molecule has 0 aliphatic rings. The van der Waals surface area contributed by atoms with Crippen molar-refractivity contribution >= 4 is 85.2 Å². The minimum absolute atomic E-state index is 0.137. The number of aliphatic carboxylic acids is 1. The van der Waals surface area contributed by atoms with E-state index in [2.05, 4.69) is 73.1 Å². The summed E-state index contributed by atoms with van der Waals surface area (Å²) in [5.74, 6) is -1.14. The van der Waals surface area contributed by atoms with Gasteiger partial charge in [-0.2, -0.15) is 0 Å². The number of carbonyl (C=O) groups excluding carboxylic acids is 1. The zero-order valence-electron chi connectivity index (χ0n) is 12.4. The molecule has 0 spiro atoms. The molecule has 0 amide bonds. The van der Waals surface area contributed by atoms with E-state index in [1.54, 1.807) is 6.92 Å². The first kappa shape index (κ1) is 20.4. The molecule has 0 fully saturated rings. The third-order valence-corrected chi connectivity index (χ3v) is 6.07. The van der Waals surface area contributed by atoms with Gasteiger partial charge in [-0.25, -0.2) is 0 Å². The molecule has 0 aromatic heterocycles. The smallest absolute Gasteiger partial charge is 0.311 e. The summed E-state index contributed by atoms with van der Waals surface area (Å²) >= 11 is 6.67. The Hall–Kier alpha value is 0.350. The second-order valence-electron chi connectivity index (χ2n) is 5.00. The van der Waals surface area contributed by atoms with Gasteiger partial charge in [0.25, 0.3) is 0 Å². The topological polar surface area (TPSA) is 66.4 Å². The van der Waals surface area contributed by atoms with Gasteiger partial charge in [-0.05, 0) is 92.7 Å². The predicted molar refractivity (Wildman–Crippen MR) is 114 cm³/mol. The molecule has 1 rings (SSSR count). The van der Waals surface area contributed by atoms with Crippen molar-refractivity contribution in [1.29, 1.82) is 0 Å². The molecule has 0 saturated carbocycles. The Morgan fingerprint density at radius 2 is 1.91 bits per heavy atom. The molecule has 0 saturated heterocycles. The lowest BCUT2D eigenvalue weighted by Crippen LogP contribution is -2.17. The van der Waals surface area contributed by atoms with Crippen LogP contribution in [0.3, 0.4) is 0 Å². The van der Waals surface area contributed by atoms with Crippen LogP contribution in [-0.2, 0) is 9.59 Å². The first-order valence-corrected chi connectivity index (χ1v) is 10.2. The van der Waals surface area contributed by atoms with Crippen LogP contribution in [0.1, 0.15) is 44.6 Å². The van der Waals surface area contributed by atoms with E-state index in [0.717, 1.165) is 28.4 Å². The molecule has 0 bridgehead atoms. The highest BCUT2D eigenvalue weighted by Crippen LogP contribution is 2.37. The third kappa shape index (κ3) is 5.46. The second kappa shape index (κ2) is 9.60. The molecular formula is C15H18I3NO3. The number of carbonyl (C=O) groups is 2. The van der Waals surface area contributed by atoms with E-state index in [1.807, 2.05) is 13.0 Å². The van der Waals surface area contributed by atoms with Crippen molar-refractivity contribution in [2.75, 3.05) is 11.9 Å². The van der Waals surface area contributed by atoms with Crippen molar-refractivity contribution in [2.45, 2.75) is 39.0 Å². The molecule has 1 aromatic carbocycles. The number of carboxylic acids is 1. The largest absolute Gasteiger partial charge is 0.481 e. The Morgan fingerprint density at radius 1 is 1.27 bits per heavy atom. The molecule has 1 unspecified atom stereocenters. The number of nitrogens with one attached hydrogen (secondary N) is 1. The van der Waals surface area contributed by atoms with E-state index < -0.39 is 11.9 Å². The van der Waals surface area contributed by atoms with Crippen LogP contribution in [0, 0.1) is 10.7 Å². The van der Waals surface area contributed by atoms with Crippen molar-refractivity contribution < 1.29 is 14.7 Å². The van der Waals surface area contributed by atoms with Crippen LogP contribution in [-0.4, -0.2) is 23.4 Å². The average Bonchev–Trinajstić information content (AvgIpc) is 2.40. The highest BCUT2D eigenvalue weighted by Gasteiger charge is 2.26. The molecule has 2 N–H and O–H groups in total. The van der Waals surface area contributed by atoms with Crippen LogP contribution in [0.15, 0.2) is 6.07 Å². The van der Waals surface area contributed by atoms with Gasteiger partial charge in [-0.3, -0.25) is 9.59 Å². The van der Waals surface area contributed by atoms with Crippen molar-refractivity contribution in [3.8, 4) is 0 Å². The predicted octanol–water partition coefficient (Wildman–Crippen LogP) is 4.86. The molecule has 0 aliphatic carbocycles. The van der Waals surface area contributed by atoms with Crippen LogP contribution in [0.2, 0.25) is 0 Å². The second-order valence-corrected chi connectivity index (χ2v) is 8.40. The van der Waals surface area contributed by atoms with Crippen molar-refractivity contribution in [1.82, 2.24) is 0 Å². The lowest BCUT2D eigenvalue weighted by Gasteiger charge is -2.20. The summed E-state index contributed by atoms with van der Waals surface area (Å²) in [5.41, 5.74) is 1.81. The fraction of sp³-hybridized carbons (Fsp3) is 0.467. The van der Waals surface area contributed by atoms with Crippen molar-refractivity contribution in [2.24, 2.45) is 0 Å². The van der Waals surface area contributed by atoms with Gasteiger partial charge in [0, 0.05) is 23.7 Å². The van der Waals surface area contributed by atoms with Gasteiger partial charge >= 0.3 is 5.97 Å². The van der Waals surface area contributed by atoms with Crippen LogP contribution >= 0.6 is 67.8 Å². The Morgan fingerprint density at radius 3 is 2.41 bits per heavy atom. The van der Waals surface area contributed by atoms with E-state index in [9.17, 15) is 14.7 Å². The van der Waals surface area contributed by atoms with Crippen molar-refractivity contribution in [3.63, 3.8) is 0 Å². The van der Waals surface area contributed by atoms with Crippen molar-refractivity contribution in [3.05, 3.63) is 22.3 Å². The number of rotatable bonds is 8. The first-order chi connectivity index (χ1) is 10.3. The highest BCUT2D eigenvalue weighted by molar-refractivity contribution is 14.1. The molecule has 0 aliphatic heterocycles. The first-order valence-electron chi connectivity index (χ1n) is 6.93. The number of halogens is 3. The van der Waals surface area contributed by atoms with E-state index in [-0.39, 0.29) is 5.78 Å². The molecular weight excluding hydrogens is 623 g/mol. The number of hydrogen-bond donors (Lipinski definition) is 2. The number of anilines is 1. The van der Waals surface area contributed by atoms with Gasteiger partial charge in [0.1, 0.15) is 5.78 Å². The van der Waals surface area contributed by atoms with Gasteiger partial charge in [0.05, 0.1) is 11.6 Å². The lowest BCUT2D eigenvalue weighted by atomic mass is 9.94. The maximum atomic E-state index is 11.6. The maximum absolute atomic E-state index is 11.6. The fourth-order valence-electron chi connectivity index (χ4n) is 2.13. The standard InChI is InChI=1S/C15H18I3NO3/c1-3-4-9(15(21)22)12-10(16)7-11(17)14(13(12)18)19-6-5-8(2)20/h7,9,19H,3-6H2,1-2H3,(H,21,22). The number of hydrogen-bond acceptors (Lipinski definition) is 3. The van der Waals surface area contributed by atoms with Gasteiger partial charge in [0.2, 0.25) is 0 Å². The highest BCUT2D eigenvalue weighted by atomic mass is 127. The Kier molecular flexibility index (Phi) is 8.90. The number of ketones is 1. The minimum Gasteiger partial charge on any atom is -0.481 e. The molecule has 1 atom stereocenters. The fourth-order valence-corrected chi connectivity index (χ4v) is 6.63. The minimum atomic E-state index is -0.784. The van der Waals surface area contributed by atoms with Gasteiger partial charge in [-0.15, -0.1) is 0 Å². The zero-order chi connectivity index (χ0) is 16.9. The van der Waals surface area contributed by atoms with E-state index in [1.165, 1.54) is 0 Å². The Labute approximate surface area is 171 Å². The summed E-state index contributed by atoms with van der Waals surface area (Å²) in [6.07, 6.45) is 1.90. The van der Waals surface area contributed by atoms with Crippen LogP contribution < -0.4 is 5.32 Å². The summed E-state index contributed by atoms with van der Waals surface area (Å²) < 4.78 is 2.96. The van der Waals surface area contributed by atoms with E-state index in [4.69, 9.17) is 0 Å². The van der Waals surface area contributed by atoms with Gasteiger partial charge in [-0.1, -0.05) is 13.3 Å². The average molecular weight is 641 g/mol. The van der Waals surface area contributed by atoms with Crippen LogP contribution in [0.5, 0.6) is 0 Å².